The molecule has 0 aliphatic carbocycles. The fraction of sp³-hybridized carbons (Fsp3) is 0. The molecule has 0 unspecified atom stereocenters. The molecule has 1 N–H and O–H groups in total. The van der Waals surface area contributed by atoms with E-state index in [0.29, 0.717) is 0 Å². The molecule has 0 amide bonds. The summed E-state index contributed by atoms with van der Waals surface area (Å²) in [6, 6.07) is 22.4. The van der Waals surface area contributed by atoms with Gasteiger partial charge in [0.05, 0.1) is 22.7 Å². The molecule has 0 spiro atoms. The molecule has 116 valence electrons. The third-order valence-corrected chi connectivity index (χ3v) is 3.98. The summed E-state index contributed by atoms with van der Waals surface area (Å²) >= 11 is 0. The summed E-state index contributed by atoms with van der Waals surface area (Å²) in [5.74, 6) is -1.18. The topological polar surface area (TPSA) is 65.0 Å². The first kappa shape index (κ1) is 14.2. The van der Waals surface area contributed by atoms with Gasteiger partial charge in [0, 0.05) is 16.5 Å². The van der Waals surface area contributed by atoms with Crippen molar-refractivity contribution < 1.29 is 9.90 Å². The molecule has 1 heterocycles. The number of rotatable bonds is 3. The zero-order valence-electron chi connectivity index (χ0n) is 12.7. The number of para-hydroxylation sites is 2. The minimum absolute atomic E-state index is 0.157. The van der Waals surface area contributed by atoms with Crippen LogP contribution in [-0.4, -0.2) is 11.0 Å². The van der Waals surface area contributed by atoms with Crippen LogP contribution in [0.2, 0.25) is 0 Å². The Morgan fingerprint density at radius 3 is 1.88 bits per heavy atom. The summed E-state index contributed by atoms with van der Waals surface area (Å²) in [4.78, 5) is 15.6. The first-order valence-corrected chi connectivity index (χ1v) is 7.58. The van der Waals surface area contributed by atoms with Gasteiger partial charge < -0.3 is 15.2 Å². The zero-order valence-corrected chi connectivity index (χ0v) is 12.7. The molecule has 0 saturated heterocycles. The van der Waals surface area contributed by atoms with Crippen molar-refractivity contribution in [2.75, 3.05) is 5.32 Å². The number of carboxylic acid groups (broad SMARTS) is 1. The molecule has 4 heteroatoms. The fourth-order valence-corrected chi connectivity index (χ4v) is 2.81. The Morgan fingerprint density at radius 2 is 1.33 bits per heavy atom. The Kier molecular flexibility index (Phi) is 3.35. The van der Waals surface area contributed by atoms with E-state index >= 15 is 0 Å². The van der Waals surface area contributed by atoms with Gasteiger partial charge in [0.2, 0.25) is 0 Å². The molecule has 0 atom stereocenters. The van der Waals surface area contributed by atoms with E-state index in [-0.39, 0.29) is 5.56 Å². The minimum atomic E-state index is -1.18. The van der Waals surface area contributed by atoms with Gasteiger partial charge in [-0.15, -0.1) is 0 Å². The summed E-state index contributed by atoms with van der Waals surface area (Å²) in [5.41, 5.74) is 3.74. The second-order valence-electron chi connectivity index (χ2n) is 5.51. The summed E-state index contributed by atoms with van der Waals surface area (Å²) in [6.07, 6.45) is 0. The molecule has 4 aromatic rings. The number of aromatic nitrogens is 1. The van der Waals surface area contributed by atoms with Gasteiger partial charge in [0.1, 0.15) is 0 Å². The predicted octanol–water partition coefficient (Wildman–Crippen LogP) is 3.50. The Bertz CT molecular complexity index is 1000. The highest BCUT2D eigenvalue weighted by Crippen LogP contribution is 2.32. The molecule has 0 bridgehead atoms. The van der Waals surface area contributed by atoms with Crippen LogP contribution < -0.4 is 10.4 Å². The number of nitrogens with one attached hydrogen (secondary N) is 1. The van der Waals surface area contributed by atoms with Gasteiger partial charge in [-0.2, -0.15) is 0 Å². The number of hydrogen-bond donors (Lipinski definition) is 1. The van der Waals surface area contributed by atoms with Crippen molar-refractivity contribution >= 4 is 39.1 Å². The molecule has 0 aliphatic heterocycles. The lowest BCUT2D eigenvalue weighted by atomic mass is 10.1. The van der Waals surface area contributed by atoms with E-state index in [0.717, 1.165) is 33.2 Å². The molecule has 0 saturated carbocycles. The van der Waals surface area contributed by atoms with Crippen LogP contribution in [-0.2, 0) is 0 Å². The van der Waals surface area contributed by atoms with Crippen molar-refractivity contribution in [2.24, 2.45) is 0 Å². The first-order chi connectivity index (χ1) is 11.7. The lowest BCUT2D eigenvalue weighted by Gasteiger charge is -2.13. The average Bonchev–Trinajstić information content (AvgIpc) is 2.62. The molecule has 24 heavy (non-hydrogen) atoms. The molecule has 1 aromatic heterocycles. The maximum Gasteiger partial charge on any atom is 0.0730 e. The van der Waals surface area contributed by atoms with E-state index < -0.39 is 5.97 Å². The van der Waals surface area contributed by atoms with Crippen LogP contribution >= 0.6 is 0 Å². The Hall–Kier alpha value is -3.40. The third-order valence-electron chi connectivity index (χ3n) is 3.98. The maximum atomic E-state index is 10.9. The van der Waals surface area contributed by atoms with Crippen LogP contribution in [0, 0.1) is 0 Å². The van der Waals surface area contributed by atoms with E-state index in [9.17, 15) is 9.90 Å². The Balaban J connectivity index is 1.88. The van der Waals surface area contributed by atoms with Crippen LogP contribution in [0.3, 0.4) is 0 Å². The van der Waals surface area contributed by atoms with Crippen LogP contribution in [0.5, 0.6) is 0 Å². The summed E-state index contributed by atoms with van der Waals surface area (Å²) in [6.45, 7) is 0. The van der Waals surface area contributed by atoms with E-state index in [1.807, 2.05) is 48.5 Å². The van der Waals surface area contributed by atoms with Crippen molar-refractivity contribution in [3.8, 4) is 0 Å². The van der Waals surface area contributed by atoms with Crippen molar-refractivity contribution in [3.05, 3.63) is 78.4 Å². The number of hydrogen-bond acceptors (Lipinski definition) is 4. The molecule has 0 aliphatic rings. The number of nitrogens with zero attached hydrogens (tertiary/aromatic N) is 1. The smallest absolute Gasteiger partial charge is 0.0730 e. The second kappa shape index (κ2) is 5.66. The summed E-state index contributed by atoms with van der Waals surface area (Å²) in [7, 11) is 0. The highest BCUT2D eigenvalue weighted by atomic mass is 16.4. The molecule has 0 fully saturated rings. The van der Waals surface area contributed by atoms with Gasteiger partial charge in [0.25, 0.3) is 0 Å². The van der Waals surface area contributed by atoms with Gasteiger partial charge in [-0.05, 0) is 29.8 Å². The SMILES string of the molecule is O=C([O-])c1ccc(Nc2c3ccccc3nc3ccccc23)cc1. The average molecular weight is 313 g/mol. The van der Waals surface area contributed by atoms with Crippen molar-refractivity contribution in [1.29, 1.82) is 0 Å². The van der Waals surface area contributed by atoms with E-state index in [1.54, 1.807) is 12.1 Å². The van der Waals surface area contributed by atoms with Crippen LogP contribution in [0.1, 0.15) is 10.4 Å². The molecule has 0 radical (unpaired) electrons. The summed E-state index contributed by atoms with van der Waals surface area (Å²) in [5, 5.41) is 16.3. The lowest BCUT2D eigenvalue weighted by molar-refractivity contribution is -0.255. The maximum absolute atomic E-state index is 10.9. The van der Waals surface area contributed by atoms with Crippen LogP contribution in [0.4, 0.5) is 11.4 Å². The normalized spacial score (nSPS) is 10.8. The Morgan fingerprint density at radius 1 is 0.792 bits per heavy atom. The van der Waals surface area contributed by atoms with E-state index in [2.05, 4.69) is 5.32 Å². The number of aromatic carboxylic acids is 1. The molecule has 3 aromatic carbocycles. The zero-order chi connectivity index (χ0) is 16.5. The quantitative estimate of drug-likeness (QED) is 0.588. The number of carbonyl (C=O) groups is 1. The highest BCUT2D eigenvalue weighted by Gasteiger charge is 2.08. The minimum Gasteiger partial charge on any atom is -0.545 e. The van der Waals surface area contributed by atoms with Crippen molar-refractivity contribution in [1.82, 2.24) is 4.98 Å². The second-order valence-corrected chi connectivity index (χ2v) is 5.51. The molecular weight excluding hydrogens is 300 g/mol. The predicted molar refractivity (Wildman–Crippen MR) is 93.3 cm³/mol. The number of carboxylic acids is 1. The monoisotopic (exact) mass is 313 g/mol. The Labute approximate surface area is 138 Å². The third kappa shape index (κ3) is 2.44. The molecular formula is C20H13N2O2-. The number of benzene rings is 3. The number of pyridine rings is 1. The lowest BCUT2D eigenvalue weighted by Crippen LogP contribution is -2.21. The largest absolute Gasteiger partial charge is 0.545 e. The van der Waals surface area contributed by atoms with Gasteiger partial charge in [-0.25, -0.2) is 4.98 Å². The fourth-order valence-electron chi connectivity index (χ4n) is 2.81. The molecule has 4 nitrogen and oxygen atoms in total. The van der Waals surface area contributed by atoms with Crippen molar-refractivity contribution in [3.63, 3.8) is 0 Å². The number of anilines is 2. The number of carbonyl (C=O) groups excluding carboxylic acids is 1. The standard InChI is InChI=1S/C20H14N2O2/c23-20(24)13-9-11-14(12-10-13)21-19-15-5-1-3-7-17(15)22-18-8-4-2-6-16(18)19/h1-12H,(H,21,22)(H,23,24)/p-1. The number of fused-ring (bicyclic) bond motifs is 2. The van der Waals surface area contributed by atoms with Crippen molar-refractivity contribution in [2.45, 2.75) is 0 Å². The van der Waals surface area contributed by atoms with Crippen LogP contribution in [0.25, 0.3) is 21.8 Å². The van der Waals surface area contributed by atoms with Gasteiger partial charge in [0.15, 0.2) is 0 Å². The van der Waals surface area contributed by atoms with E-state index in [1.165, 1.54) is 12.1 Å². The first-order valence-electron chi connectivity index (χ1n) is 7.58. The van der Waals surface area contributed by atoms with Gasteiger partial charge >= 0.3 is 0 Å². The molecule has 4 rings (SSSR count). The van der Waals surface area contributed by atoms with Gasteiger partial charge in [-0.3, -0.25) is 0 Å². The highest BCUT2D eigenvalue weighted by molar-refractivity contribution is 6.08. The van der Waals surface area contributed by atoms with Crippen LogP contribution in [0.15, 0.2) is 72.8 Å². The van der Waals surface area contributed by atoms with Gasteiger partial charge in [-0.1, -0.05) is 48.5 Å². The van der Waals surface area contributed by atoms with E-state index in [4.69, 9.17) is 4.98 Å². The summed E-state index contributed by atoms with van der Waals surface area (Å²) < 4.78 is 0.